The van der Waals surface area contributed by atoms with E-state index >= 15 is 0 Å². The average molecular weight is 348 g/mol. The molecule has 0 saturated carbocycles. The minimum Gasteiger partial charge on any atom is -0.309 e. The molecule has 3 aromatic rings. The van der Waals surface area contributed by atoms with E-state index < -0.39 is 0 Å². The molecule has 0 bridgehead atoms. The van der Waals surface area contributed by atoms with E-state index in [0.29, 0.717) is 22.8 Å². The van der Waals surface area contributed by atoms with Crippen LogP contribution in [0.5, 0.6) is 0 Å². The number of nitrogens with one attached hydrogen (secondary N) is 1. The molecular weight excluding hydrogens is 330 g/mol. The monoisotopic (exact) mass is 347 g/mol. The molecule has 0 atom stereocenters. The molecular formula is C17H18ClN3OS. The summed E-state index contributed by atoms with van der Waals surface area (Å²) in [7, 11) is 0. The van der Waals surface area contributed by atoms with Gasteiger partial charge in [0.25, 0.3) is 5.56 Å². The maximum atomic E-state index is 12.6. The highest BCUT2D eigenvalue weighted by atomic mass is 35.5. The van der Waals surface area contributed by atoms with Gasteiger partial charge in [0.15, 0.2) is 0 Å². The van der Waals surface area contributed by atoms with Crippen LogP contribution in [-0.4, -0.2) is 28.0 Å². The fourth-order valence-electron chi connectivity index (χ4n) is 2.61. The molecule has 1 N–H and O–H groups in total. The molecule has 0 spiro atoms. The first-order valence-corrected chi connectivity index (χ1v) is 8.87. The molecule has 1 aromatic carbocycles. The van der Waals surface area contributed by atoms with Gasteiger partial charge >= 0.3 is 0 Å². The van der Waals surface area contributed by atoms with Crippen molar-refractivity contribution < 1.29 is 0 Å². The Labute approximate surface area is 143 Å². The minimum absolute atomic E-state index is 0.103. The molecule has 0 fully saturated rings. The number of halogens is 1. The Balaban J connectivity index is 2.09. The van der Waals surface area contributed by atoms with Crippen LogP contribution in [0, 0.1) is 0 Å². The van der Waals surface area contributed by atoms with E-state index in [2.05, 4.69) is 28.7 Å². The van der Waals surface area contributed by atoms with Crippen molar-refractivity contribution >= 4 is 33.2 Å². The zero-order valence-corrected chi connectivity index (χ0v) is 14.7. The Kier molecular flexibility index (Phi) is 4.80. The van der Waals surface area contributed by atoms with E-state index in [1.165, 1.54) is 11.3 Å². The van der Waals surface area contributed by atoms with Crippen molar-refractivity contribution in [2.45, 2.75) is 20.4 Å². The van der Waals surface area contributed by atoms with Gasteiger partial charge in [0, 0.05) is 21.5 Å². The Morgan fingerprint density at radius 3 is 2.65 bits per heavy atom. The summed E-state index contributed by atoms with van der Waals surface area (Å²) in [6.07, 6.45) is 0. The van der Waals surface area contributed by atoms with E-state index in [1.54, 1.807) is 0 Å². The molecule has 0 aliphatic rings. The highest BCUT2D eigenvalue weighted by Crippen LogP contribution is 2.34. The summed E-state index contributed by atoms with van der Waals surface area (Å²) in [5, 5.41) is 3.21. The molecule has 2 aromatic heterocycles. The van der Waals surface area contributed by atoms with Crippen LogP contribution in [0.15, 0.2) is 34.4 Å². The van der Waals surface area contributed by atoms with E-state index in [9.17, 15) is 4.79 Å². The van der Waals surface area contributed by atoms with Gasteiger partial charge in [-0.25, -0.2) is 4.98 Å². The maximum absolute atomic E-state index is 12.6. The fourth-order valence-corrected chi connectivity index (χ4v) is 3.80. The summed E-state index contributed by atoms with van der Waals surface area (Å²) >= 11 is 7.75. The Morgan fingerprint density at radius 1 is 1.22 bits per heavy atom. The number of fused-ring (bicyclic) bond motifs is 1. The SMILES string of the molecule is CCN(CC)Cc1nc2scc(-c3ccccc3Cl)c2c(=O)[nH]1. The van der Waals surface area contributed by atoms with Crippen molar-refractivity contribution in [1.82, 2.24) is 14.9 Å². The third-order valence-electron chi connectivity index (χ3n) is 3.92. The quantitative estimate of drug-likeness (QED) is 0.754. The largest absolute Gasteiger partial charge is 0.309 e. The summed E-state index contributed by atoms with van der Waals surface area (Å²) in [5.74, 6) is 0.707. The number of rotatable bonds is 5. The van der Waals surface area contributed by atoms with Crippen molar-refractivity contribution in [2.24, 2.45) is 0 Å². The second kappa shape index (κ2) is 6.83. The fraction of sp³-hybridized carbons (Fsp3) is 0.294. The maximum Gasteiger partial charge on any atom is 0.260 e. The van der Waals surface area contributed by atoms with Crippen LogP contribution in [-0.2, 0) is 6.54 Å². The molecule has 0 unspecified atom stereocenters. The number of aromatic amines is 1. The zero-order chi connectivity index (χ0) is 16.4. The third-order valence-corrected chi connectivity index (χ3v) is 5.13. The van der Waals surface area contributed by atoms with Crippen molar-refractivity contribution in [1.29, 1.82) is 0 Å². The normalized spacial score (nSPS) is 11.5. The highest BCUT2D eigenvalue weighted by Gasteiger charge is 2.15. The molecule has 2 heterocycles. The number of benzene rings is 1. The van der Waals surface area contributed by atoms with Crippen LogP contribution in [0.1, 0.15) is 19.7 Å². The van der Waals surface area contributed by atoms with Crippen LogP contribution in [0.4, 0.5) is 0 Å². The van der Waals surface area contributed by atoms with Crippen LogP contribution in [0.3, 0.4) is 0 Å². The van der Waals surface area contributed by atoms with Crippen molar-refractivity contribution in [3.63, 3.8) is 0 Å². The molecule has 3 rings (SSSR count). The van der Waals surface area contributed by atoms with Crippen molar-refractivity contribution in [2.75, 3.05) is 13.1 Å². The lowest BCUT2D eigenvalue weighted by Gasteiger charge is -2.16. The minimum atomic E-state index is -0.103. The predicted molar refractivity (Wildman–Crippen MR) is 97.3 cm³/mol. The van der Waals surface area contributed by atoms with Gasteiger partial charge in [-0.1, -0.05) is 43.6 Å². The van der Waals surface area contributed by atoms with E-state index in [-0.39, 0.29) is 5.56 Å². The lowest BCUT2D eigenvalue weighted by atomic mass is 10.1. The Hall–Kier alpha value is -1.69. The standard InChI is InChI=1S/C17H18ClN3OS/c1-3-21(4-2)9-14-19-16(22)15-12(10-23-17(15)20-14)11-7-5-6-8-13(11)18/h5-8,10H,3-4,9H2,1-2H3,(H,19,20,22). The molecule has 23 heavy (non-hydrogen) atoms. The number of nitrogens with zero attached hydrogens (tertiary/aromatic N) is 2. The van der Waals surface area contributed by atoms with Gasteiger partial charge in [0.2, 0.25) is 0 Å². The van der Waals surface area contributed by atoms with Gasteiger partial charge in [-0.3, -0.25) is 9.69 Å². The summed E-state index contributed by atoms with van der Waals surface area (Å²) in [4.78, 5) is 23.1. The number of hydrogen-bond acceptors (Lipinski definition) is 4. The van der Waals surface area contributed by atoms with Crippen molar-refractivity contribution in [3.05, 3.63) is 50.8 Å². The van der Waals surface area contributed by atoms with Crippen LogP contribution in [0.25, 0.3) is 21.3 Å². The lowest BCUT2D eigenvalue weighted by Crippen LogP contribution is -2.25. The first-order chi connectivity index (χ1) is 11.1. The number of H-pyrrole nitrogens is 1. The van der Waals surface area contributed by atoms with Crippen molar-refractivity contribution in [3.8, 4) is 11.1 Å². The van der Waals surface area contributed by atoms with Crippen LogP contribution in [0.2, 0.25) is 5.02 Å². The molecule has 0 radical (unpaired) electrons. The van der Waals surface area contributed by atoms with E-state index in [0.717, 1.165) is 29.0 Å². The molecule has 6 heteroatoms. The molecule has 4 nitrogen and oxygen atoms in total. The predicted octanol–water partition coefficient (Wildman–Crippen LogP) is 4.15. The van der Waals surface area contributed by atoms with Gasteiger partial charge in [-0.2, -0.15) is 0 Å². The summed E-state index contributed by atoms with van der Waals surface area (Å²) in [6, 6.07) is 7.55. The Bertz CT molecular complexity index is 883. The number of hydrogen-bond donors (Lipinski definition) is 1. The Morgan fingerprint density at radius 2 is 1.96 bits per heavy atom. The summed E-state index contributed by atoms with van der Waals surface area (Å²) < 4.78 is 0. The number of thiophene rings is 1. The summed E-state index contributed by atoms with van der Waals surface area (Å²) in [6.45, 7) is 6.69. The summed E-state index contributed by atoms with van der Waals surface area (Å²) in [5.41, 5.74) is 1.61. The molecule has 0 saturated heterocycles. The van der Waals surface area contributed by atoms with Crippen LogP contribution < -0.4 is 5.56 Å². The van der Waals surface area contributed by atoms with Gasteiger partial charge in [-0.05, 0) is 19.2 Å². The molecule has 120 valence electrons. The zero-order valence-electron chi connectivity index (χ0n) is 13.1. The van der Waals surface area contributed by atoms with Crippen LogP contribution >= 0.6 is 22.9 Å². The molecule has 0 aliphatic carbocycles. The first kappa shape index (κ1) is 16.2. The third kappa shape index (κ3) is 3.17. The number of aromatic nitrogens is 2. The smallest absolute Gasteiger partial charge is 0.260 e. The van der Waals surface area contributed by atoms with Gasteiger partial charge in [-0.15, -0.1) is 11.3 Å². The topological polar surface area (TPSA) is 49.0 Å². The van der Waals surface area contributed by atoms with Gasteiger partial charge in [0.05, 0.1) is 11.9 Å². The van der Waals surface area contributed by atoms with E-state index in [4.69, 9.17) is 11.6 Å². The lowest BCUT2D eigenvalue weighted by molar-refractivity contribution is 0.288. The molecule has 0 aliphatic heterocycles. The van der Waals surface area contributed by atoms with Gasteiger partial charge < -0.3 is 4.98 Å². The highest BCUT2D eigenvalue weighted by molar-refractivity contribution is 7.17. The van der Waals surface area contributed by atoms with Gasteiger partial charge in [0.1, 0.15) is 10.7 Å². The average Bonchev–Trinajstić information content (AvgIpc) is 2.97. The second-order valence-corrected chi connectivity index (χ2v) is 6.55. The van der Waals surface area contributed by atoms with E-state index in [1.807, 2.05) is 29.6 Å². The second-order valence-electron chi connectivity index (χ2n) is 5.28. The first-order valence-electron chi connectivity index (χ1n) is 7.61. The molecule has 0 amide bonds.